The topological polar surface area (TPSA) is 353 Å². The molecule has 0 aromatic carbocycles. The summed E-state index contributed by atoms with van der Waals surface area (Å²) >= 11 is 0. The lowest BCUT2D eigenvalue weighted by molar-refractivity contribution is -0.318. The molecule has 22 heteroatoms. The lowest BCUT2D eigenvalue weighted by atomic mass is 9.74. The summed E-state index contributed by atoms with van der Waals surface area (Å²) < 4.78 is 37.1. The molecule has 0 saturated carbocycles. The minimum absolute atomic E-state index is 0.0936. The largest absolute Gasteiger partial charge is 0.479 e. The van der Waals surface area contributed by atoms with Crippen molar-refractivity contribution in [1.82, 2.24) is 4.90 Å². The van der Waals surface area contributed by atoms with Crippen LogP contribution in [-0.4, -0.2) is 226 Å². The number of likely N-dealkylation sites (N-methyl/N-ethyl adjacent to an activating group) is 1. The number of cyclic esters (lactones) is 1. The first kappa shape index (κ1) is 60.1. The van der Waals surface area contributed by atoms with Crippen molar-refractivity contribution in [3.63, 3.8) is 0 Å². The Morgan fingerprint density at radius 2 is 1.42 bits per heavy atom. The molecule has 0 amide bonds. The number of ether oxygens (including phenoxy) is 6. The van der Waals surface area contributed by atoms with Crippen LogP contribution in [0.4, 0.5) is 0 Å². The number of aliphatic carboxylic acids is 1. The van der Waals surface area contributed by atoms with Gasteiger partial charge in [0.25, 0.3) is 0 Å². The zero-order chi connectivity index (χ0) is 51.1. The average Bonchev–Trinajstić information content (AvgIpc) is 3.25. The number of esters is 1. The van der Waals surface area contributed by atoms with Crippen molar-refractivity contribution in [3.05, 3.63) is 0 Å². The van der Waals surface area contributed by atoms with Gasteiger partial charge in [0.05, 0.1) is 54.2 Å². The van der Waals surface area contributed by atoms with E-state index in [0.717, 1.165) is 0 Å². The van der Waals surface area contributed by atoms with Crippen molar-refractivity contribution in [3.8, 4) is 0 Å². The molecule has 3 rings (SSSR count). The van der Waals surface area contributed by atoms with Gasteiger partial charge in [-0.05, 0) is 74.9 Å². The molecule has 0 spiro atoms. The van der Waals surface area contributed by atoms with Crippen molar-refractivity contribution in [1.29, 1.82) is 0 Å². The summed E-state index contributed by atoms with van der Waals surface area (Å²) in [5.41, 5.74) is -4.84. The Morgan fingerprint density at radius 3 is 1.92 bits per heavy atom. The maximum atomic E-state index is 14.1. The van der Waals surface area contributed by atoms with Crippen LogP contribution in [-0.2, 0) is 42.8 Å². The molecule has 0 aromatic heterocycles. The van der Waals surface area contributed by atoms with Gasteiger partial charge in [-0.15, -0.1) is 0 Å². The number of carboxylic acids is 1. The first-order chi connectivity index (χ1) is 30.2. The fourth-order valence-corrected chi connectivity index (χ4v) is 9.28. The molecular formula is C44H81NO21. The van der Waals surface area contributed by atoms with Gasteiger partial charge in [-0.25, -0.2) is 4.79 Å². The Morgan fingerprint density at radius 1 is 0.848 bits per heavy atom. The second-order valence-electron chi connectivity index (χ2n) is 19.5. The molecule has 388 valence electrons. The lowest BCUT2D eigenvalue weighted by Gasteiger charge is -2.49. The number of aliphatic hydroxyl groups is 11. The Labute approximate surface area is 387 Å². The van der Waals surface area contributed by atoms with Gasteiger partial charge in [-0.2, -0.15) is 0 Å². The van der Waals surface area contributed by atoms with E-state index in [1.165, 1.54) is 27.9 Å². The summed E-state index contributed by atoms with van der Waals surface area (Å²) in [5, 5.41) is 119. The van der Waals surface area contributed by atoms with Crippen molar-refractivity contribution in [2.45, 2.75) is 210 Å². The molecule has 0 aliphatic carbocycles. The van der Waals surface area contributed by atoms with Gasteiger partial charge in [0.15, 0.2) is 18.7 Å². The second kappa shape index (κ2) is 24.7. The standard InChI is InChI=1S/C37H67NO13.C7H14O8/c1-14-25-37(10,45)30(41)20(4)27(39)18(2)16-35(8,44)32(51-34-28(40)24(38(11)12)15-19(3)47-34)21(5)29(22(6)33(43)49-25)50-26-17-36(9,46-13)31(42)23(7)48-26;8-1-2(9)3(10)4(11)5(12)6(13)7(14)15/h18-26,28-32,34,40-42,44-45H,14-17H2,1-13H3;2-6,8-13H,1H2,(H,14,15)/t18-,19-,20+,21+,22-,23+,24+,25?,26+,28-,29+,30-,31+,32-,34+,35-,36-,37-;2-,3-,4+,5-,6-/m11/s1. The number of carbonyl (C=O) groups excluding carboxylic acids is 2. The number of hydrogen-bond donors (Lipinski definition) is 12. The minimum atomic E-state index is -2.29. The smallest absolute Gasteiger partial charge is 0.335 e. The Balaban J connectivity index is 0.000000850. The molecule has 0 aromatic rings. The summed E-state index contributed by atoms with van der Waals surface area (Å²) in [5.74, 6) is -6.76. The van der Waals surface area contributed by atoms with Crippen LogP contribution in [0, 0.1) is 23.7 Å². The number of methoxy groups -OCH3 is 1. The van der Waals surface area contributed by atoms with Gasteiger partial charge < -0.3 is 94.6 Å². The molecule has 66 heavy (non-hydrogen) atoms. The molecule has 3 saturated heterocycles. The number of Topliss-reactive ketones (excluding diaryl/α,β-unsaturated/α-hetero) is 1. The predicted molar refractivity (Wildman–Crippen MR) is 231 cm³/mol. The fourth-order valence-electron chi connectivity index (χ4n) is 9.28. The number of carboxylic acid groups (broad SMARTS) is 1. The summed E-state index contributed by atoms with van der Waals surface area (Å²) in [6.07, 6.45) is -20.0. The Hall–Kier alpha value is -2.07. The number of carbonyl (C=O) groups is 3. The number of hydrogen-bond acceptors (Lipinski definition) is 21. The van der Waals surface area contributed by atoms with Crippen LogP contribution in [0.3, 0.4) is 0 Å². The van der Waals surface area contributed by atoms with Gasteiger partial charge in [0.1, 0.15) is 54.1 Å². The third-order valence-corrected chi connectivity index (χ3v) is 13.7. The van der Waals surface area contributed by atoms with E-state index in [1.807, 2.05) is 25.9 Å². The highest BCUT2D eigenvalue weighted by Gasteiger charge is 2.53. The van der Waals surface area contributed by atoms with Gasteiger partial charge in [-0.3, -0.25) is 9.59 Å². The molecule has 0 bridgehead atoms. The highest BCUT2D eigenvalue weighted by molar-refractivity contribution is 5.83. The quantitative estimate of drug-likeness (QED) is 0.0860. The van der Waals surface area contributed by atoms with Crippen LogP contribution < -0.4 is 0 Å². The molecule has 12 N–H and O–H groups in total. The van der Waals surface area contributed by atoms with Crippen LogP contribution in [0.15, 0.2) is 0 Å². The maximum absolute atomic E-state index is 14.1. The average molecular weight is 960 g/mol. The predicted octanol–water partition coefficient (Wildman–Crippen LogP) is -2.35. The number of ketones is 1. The Bertz CT molecular complexity index is 1540. The van der Waals surface area contributed by atoms with E-state index in [2.05, 4.69) is 0 Å². The van der Waals surface area contributed by atoms with Crippen LogP contribution >= 0.6 is 0 Å². The minimum Gasteiger partial charge on any atom is -0.479 e. The number of rotatable bonds is 13. The molecule has 3 aliphatic rings. The number of nitrogens with zero attached hydrogens (tertiary/aromatic N) is 1. The van der Waals surface area contributed by atoms with E-state index in [9.17, 15) is 39.9 Å². The van der Waals surface area contributed by atoms with E-state index >= 15 is 0 Å². The van der Waals surface area contributed by atoms with E-state index in [0.29, 0.717) is 6.42 Å². The third kappa shape index (κ3) is 14.3. The molecule has 3 heterocycles. The summed E-state index contributed by atoms with van der Waals surface area (Å²) in [4.78, 5) is 40.0. The van der Waals surface area contributed by atoms with Crippen LogP contribution in [0.1, 0.15) is 94.9 Å². The maximum Gasteiger partial charge on any atom is 0.335 e. The van der Waals surface area contributed by atoms with Crippen molar-refractivity contribution >= 4 is 17.7 Å². The van der Waals surface area contributed by atoms with Crippen molar-refractivity contribution in [2.75, 3.05) is 27.8 Å². The molecule has 0 radical (unpaired) electrons. The first-order valence-electron chi connectivity index (χ1n) is 22.6. The highest BCUT2D eigenvalue weighted by Crippen LogP contribution is 2.41. The summed E-state index contributed by atoms with van der Waals surface area (Å²) in [7, 11) is 5.18. The van der Waals surface area contributed by atoms with E-state index in [4.69, 9.17) is 64.2 Å². The number of aliphatic hydroxyl groups excluding tert-OH is 9. The van der Waals surface area contributed by atoms with E-state index < -0.39 is 151 Å². The van der Waals surface area contributed by atoms with Gasteiger partial charge in [-0.1, -0.05) is 27.7 Å². The van der Waals surface area contributed by atoms with Crippen molar-refractivity contribution in [2.24, 2.45) is 23.7 Å². The SMILES string of the molecule is CCC1OC(=O)[C@H](C)[C@@H](O[C@H]2C[C@@](C)(OC)[C@@H](O)[C@H](C)O2)[C@H](C)[C@@H](O[C@@H]2O[C@H](C)C[C@H](N(C)C)[C@H]2O)[C@](C)(O)C[C@@H](C)C(=O)[C@H](C)[C@@H](O)[C@]1(C)O.O=C(O)[C@H](O)[C@H](O)[C@@H](O)[C@H](O)[C@H](O)CO. The molecule has 23 atom stereocenters. The third-order valence-electron chi connectivity index (χ3n) is 13.7. The van der Waals surface area contributed by atoms with Crippen LogP contribution in [0.2, 0.25) is 0 Å². The lowest BCUT2D eigenvalue weighted by Crippen LogP contribution is -2.61. The van der Waals surface area contributed by atoms with Crippen LogP contribution in [0.5, 0.6) is 0 Å². The highest BCUT2D eigenvalue weighted by atomic mass is 16.7. The fraction of sp³-hybridized carbons (Fsp3) is 0.932. The van der Waals surface area contributed by atoms with Gasteiger partial charge in [0.2, 0.25) is 0 Å². The molecule has 3 aliphatic heterocycles. The van der Waals surface area contributed by atoms with Crippen molar-refractivity contribution < 1.29 is 104 Å². The summed E-state index contributed by atoms with van der Waals surface area (Å²) in [6.45, 7) is 15.5. The normalized spacial score (nSPS) is 43.3. The zero-order valence-corrected chi connectivity index (χ0v) is 40.6. The molecule has 22 nitrogen and oxygen atoms in total. The summed E-state index contributed by atoms with van der Waals surface area (Å²) in [6, 6.07) is -0.324. The second-order valence-corrected chi connectivity index (χ2v) is 19.5. The zero-order valence-electron chi connectivity index (χ0n) is 40.6. The molecule has 3 fully saturated rings. The Kier molecular flexibility index (Phi) is 22.4. The monoisotopic (exact) mass is 960 g/mol. The first-order valence-corrected chi connectivity index (χ1v) is 22.6. The van der Waals surface area contributed by atoms with E-state index in [1.54, 1.807) is 41.5 Å². The molecular weight excluding hydrogens is 878 g/mol. The van der Waals surface area contributed by atoms with Gasteiger partial charge >= 0.3 is 11.9 Å². The van der Waals surface area contributed by atoms with Crippen LogP contribution in [0.25, 0.3) is 0 Å². The van der Waals surface area contributed by atoms with Gasteiger partial charge in [0, 0.05) is 37.3 Å². The van der Waals surface area contributed by atoms with E-state index in [-0.39, 0.29) is 31.4 Å². The molecule has 1 unspecified atom stereocenters.